The van der Waals surface area contributed by atoms with Crippen LogP contribution in [0.2, 0.25) is 0 Å². The van der Waals surface area contributed by atoms with E-state index in [1.165, 1.54) is 13.9 Å². The largest absolute Gasteiger partial charge is 0.337 e. The molecule has 2 aromatic rings. The summed E-state index contributed by atoms with van der Waals surface area (Å²) in [6, 6.07) is 1.58. The second kappa shape index (κ2) is 7.79. The number of benzene rings is 1. The van der Waals surface area contributed by atoms with E-state index in [2.05, 4.69) is 5.10 Å². The number of sulfonamides is 1. The third kappa shape index (κ3) is 3.76. The molecule has 1 saturated heterocycles. The molecular formula is C18H21F3N4O3S. The van der Waals surface area contributed by atoms with Crippen molar-refractivity contribution in [2.24, 2.45) is 7.05 Å². The van der Waals surface area contributed by atoms with E-state index in [1.54, 1.807) is 20.9 Å². The third-order valence-electron chi connectivity index (χ3n) is 5.05. The van der Waals surface area contributed by atoms with Crippen LogP contribution in [0.15, 0.2) is 17.0 Å². The Bertz CT molecular complexity index is 1070. The molecule has 0 unspecified atom stereocenters. The average molecular weight is 430 g/mol. The Balaban J connectivity index is 1.82. The molecule has 1 aromatic heterocycles. The first-order valence-corrected chi connectivity index (χ1v) is 10.4. The van der Waals surface area contributed by atoms with Gasteiger partial charge in [0.2, 0.25) is 10.0 Å². The molecule has 11 heteroatoms. The second-order valence-corrected chi connectivity index (χ2v) is 8.77. The van der Waals surface area contributed by atoms with Crippen molar-refractivity contribution in [1.29, 1.82) is 0 Å². The van der Waals surface area contributed by atoms with E-state index in [1.807, 2.05) is 0 Å². The van der Waals surface area contributed by atoms with Crippen molar-refractivity contribution in [2.45, 2.75) is 25.2 Å². The van der Waals surface area contributed by atoms with Gasteiger partial charge in [0, 0.05) is 33.2 Å². The highest BCUT2D eigenvalue weighted by Gasteiger charge is 2.33. The highest BCUT2D eigenvalue weighted by molar-refractivity contribution is 7.89. The van der Waals surface area contributed by atoms with E-state index in [0.29, 0.717) is 23.9 Å². The molecule has 3 rings (SSSR count). The smallest absolute Gasteiger partial charge is 0.256 e. The van der Waals surface area contributed by atoms with Crippen LogP contribution in [0.3, 0.4) is 0 Å². The van der Waals surface area contributed by atoms with Gasteiger partial charge in [-0.2, -0.15) is 9.40 Å². The zero-order valence-corrected chi connectivity index (χ0v) is 17.1. The maximum absolute atomic E-state index is 14.0. The standard InChI is InChI=1S/C18H21F3N4O3S/c1-11-17(12(2)23(3)22-11)29(27,28)25-8-4-7-24(9-10-25)18(26)13-5-6-14(19)16(21)15(13)20/h5-6H,4,7-10H2,1-3H3. The van der Waals surface area contributed by atoms with E-state index in [-0.39, 0.29) is 31.1 Å². The van der Waals surface area contributed by atoms with Crippen molar-refractivity contribution in [2.75, 3.05) is 26.2 Å². The lowest BCUT2D eigenvalue weighted by Crippen LogP contribution is -2.38. The Hall–Kier alpha value is -2.40. The van der Waals surface area contributed by atoms with Crippen molar-refractivity contribution in [1.82, 2.24) is 19.0 Å². The molecule has 1 aliphatic heterocycles. The fraction of sp³-hybridized carbons (Fsp3) is 0.444. The molecule has 29 heavy (non-hydrogen) atoms. The Kier molecular flexibility index (Phi) is 5.72. The molecule has 0 saturated carbocycles. The monoisotopic (exact) mass is 430 g/mol. The lowest BCUT2D eigenvalue weighted by molar-refractivity contribution is 0.0758. The molecule has 0 bridgehead atoms. The van der Waals surface area contributed by atoms with Gasteiger partial charge in [-0.05, 0) is 32.4 Å². The van der Waals surface area contributed by atoms with Crippen LogP contribution < -0.4 is 0 Å². The van der Waals surface area contributed by atoms with Crippen molar-refractivity contribution >= 4 is 15.9 Å². The molecule has 7 nitrogen and oxygen atoms in total. The van der Waals surface area contributed by atoms with Crippen molar-refractivity contribution in [3.8, 4) is 0 Å². The summed E-state index contributed by atoms with van der Waals surface area (Å²) in [6.45, 7) is 3.59. The van der Waals surface area contributed by atoms with Gasteiger partial charge in [0.25, 0.3) is 5.91 Å². The minimum atomic E-state index is -3.83. The minimum absolute atomic E-state index is 0.00510. The Morgan fingerprint density at radius 3 is 2.34 bits per heavy atom. The van der Waals surface area contributed by atoms with Gasteiger partial charge in [-0.3, -0.25) is 9.48 Å². The van der Waals surface area contributed by atoms with Crippen LogP contribution in [-0.4, -0.2) is 59.5 Å². The summed E-state index contributed by atoms with van der Waals surface area (Å²) in [5.41, 5.74) is 0.300. The van der Waals surface area contributed by atoms with Gasteiger partial charge in [0.05, 0.1) is 17.0 Å². The van der Waals surface area contributed by atoms with Gasteiger partial charge < -0.3 is 4.90 Å². The summed E-state index contributed by atoms with van der Waals surface area (Å²) in [4.78, 5) is 14.0. The number of aryl methyl sites for hydroxylation is 2. The molecule has 1 aliphatic rings. The lowest BCUT2D eigenvalue weighted by Gasteiger charge is -2.22. The Morgan fingerprint density at radius 2 is 1.72 bits per heavy atom. The number of aromatic nitrogens is 2. The molecule has 1 fully saturated rings. The molecule has 158 valence electrons. The van der Waals surface area contributed by atoms with Crippen LogP contribution in [-0.2, 0) is 17.1 Å². The highest BCUT2D eigenvalue weighted by atomic mass is 32.2. The number of nitrogens with zero attached hydrogens (tertiary/aromatic N) is 4. The lowest BCUT2D eigenvalue weighted by atomic mass is 10.1. The molecule has 0 spiro atoms. The quantitative estimate of drug-likeness (QED) is 0.698. The third-order valence-corrected chi connectivity index (χ3v) is 7.20. The number of amides is 1. The van der Waals surface area contributed by atoms with Gasteiger partial charge in [0.1, 0.15) is 4.90 Å². The second-order valence-electron chi connectivity index (χ2n) is 6.90. The number of halogens is 3. The average Bonchev–Trinajstić information content (AvgIpc) is 2.83. The van der Waals surface area contributed by atoms with Crippen LogP contribution in [0.4, 0.5) is 13.2 Å². The molecule has 0 atom stereocenters. The van der Waals surface area contributed by atoms with Gasteiger partial charge in [-0.1, -0.05) is 0 Å². The zero-order valence-electron chi connectivity index (χ0n) is 16.2. The predicted molar refractivity (Wildman–Crippen MR) is 98.3 cm³/mol. The first-order chi connectivity index (χ1) is 13.6. The summed E-state index contributed by atoms with van der Waals surface area (Å²) in [7, 11) is -2.18. The van der Waals surface area contributed by atoms with Crippen molar-refractivity contribution in [3.63, 3.8) is 0 Å². The van der Waals surface area contributed by atoms with Crippen LogP contribution in [0.5, 0.6) is 0 Å². The van der Waals surface area contributed by atoms with Gasteiger partial charge in [-0.25, -0.2) is 21.6 Å². The Morgan fingerprint density at radius 1 is 1.03 bits per heavy atom. The van der Waals surface area contributed by atoms with Crippen LogP contribution in [0.1, 0.15) is 28.2 Å². The van der Waals surface area contributed by atoms with Gasteiger partial charge in [-0.15, -0.1) is 0 Å². The fourth-order valence-corrected chi connectivity index (χ4v) is 5.32. The number of hydrogen-bond donors (Lipinski definition) is 0. The van der Waals surface area contributed by atoms with E-state index in [4.69, 9.17) is 0 Å². The van der Waals surface area contributed by atoms with Crippen LogP contribution in [0.25, 0.3) is 0 Å². The van der Waals surface area contributed by atoms with E-state index in [0.717, 1.165) is 6.07 Å². The normalized spacial score (nSPS) is 16.1. The number of carbonyl (C=O) groups is 1. The number of hydrogen-bond acceptors (Lipinski definition) is 4. The summed E-state index contributed by atoms with van der Waals surface area (Å²) >= 11 is 0. The SMILES string of the molecule is Cc1nn(C)c(C)c1S(=O)(=O)N1CCCN(C(=O)c2ccc(F)c(F)c2F)CC1. The predicted octanol–water partition coefficient (Wildman–Crippen LogP) is 1.99. The topological polar surface area (TPSA) is 75.5 Å². The zero-order chi connectivity index (χ0) is 21.5. The maximum Gasteiger partial charge on any atom is 0.256 e. The molecule has 0 aliphatic carbocycles. The first-order valence-electron chi connectivity index (χ1n) is 8.98. The van der Waals surface area contributed by atoms with Gasteiger partial charge in [0.15, 0.2) is 17.5 Å². The molecule has 1 aromatic carbocycles. The van der Waals surface area contributed by atoms with Crippen LogP contribution >= 0.6 is 0 Å². The number of carbonyl (C=O) groups excluding carboxylic acids is 1. The summed E-state index contributed by atoms with van der Waals surface area (Å²) in [5, 5.41) is 4.14. The number of rotatable bonds is 3. The molecule has 0 radical (unpaired) electrons. The van der Waals surface area contributed by atoms with Gasteiger partial charge >= 0.3 is 0 Å². The summed E-state index contributed by atoms with van der Waals surface area (Å²) < 4.78 is 69.5. The minimum Gasteiger partial charge on any atom is -0.337 e. The van der Waals surface area contributed by atoms with E-state index >= 15 is 0 Å². The summed E-state index contributed by atoms with van der Waals surface area (Å²) in [5.74, 6) is -5.45. The van der Waals surface area contributed by atoms with E-state index in [9.17, 15) is 26.4 Å². The Labute approximate surface area is 166 Å². The molecule has 2 heterocycles. The van der Waals surface area contributed by atoms with E-state index < -0.39 is 38.9 Å². The summed E-state index contributed by atoms with van der Waals surface area (Å²) in [6.07, 6.45) is 0.314. The van der Waals surface area contributed by atoms with Crippen molar-refractivity contribution in [3.05, 3.63) is 46.5 Å². The highest BCUT2D eigenvalue weighted by Crippen LogP contribution is 2.25. The first kappa shape index (κ1) is 21.3. The molecule has 0 N–H and O–H groups in total. The molecule has 1 amide bonds. The van der Waals surface area contributed by atoms with Crippen LogP contribution in [0, 0.1) is 31.3 Å². The fourth-order valence-electron chi connectivity index (χ4n) is 3.46. The maximum atomic E-state index is 14.0. The van der Waals surface area contributed by atoms with Crippen molar-refractivity contribution < 1.29 is 26.4 Å². The molecular weight excluding hydrogens is 409 g/mol.